The number of ether oxygens (including phenoxy) is 1. The van der Waals surface area contributed by atoms with Crippen molar-refractivity contribution >= 4 is 11.9 Å². The molecule has 1 aromatic rings. The van der Waals surface area contributed by atoms with Crippen LogP contribution in [0, 0.1) is 5.82 Å². The van der Waals surface area contributed by atoms with Crippen molar-refractivity contribution in [1.29, 1.82) is 0 Å². The van der Waals surface area contributed by atoms with E-state index in [1.165, 1.54) is 33.2 Å². The molecule has 1 N–H and O–H groups in total. The first-order valence-corrected chi connectivity index (χ1v) is 5.22. The van der Waals surface area contributed by atoms with Crippen molar-refractivity contribution in [3.63, 3.8) is 0 Å². The molecule has 0 aromatic heterocycles. The largest absolute Gasteiger partial charge is 0.497 e. The maximum absolute atomic E-state index is 13.6. The molecule has 18 heavy (non-hydrogen) atoms. The summed E-state index contributed by atoms with van der Waals surface area (Å²) in [6.45, 7) is 1.35. The lowest BCUT2D eigenvalue weighted by Crippen LogP contribution is -2.40. The molecule has 0 saturated heterocycles. The van der Waals surface area contributed by atoms with Gasteiger partial charge >= 0.3 is 5.97 Å². The number of hydrogen-bond acceptors (Lipinski definition) is 3. The maximum Gasteiger partial charge on any atom is 0.326 e. The topological polar surface area (TPSA) is 66.8 Å². The predicted octanol–water partition coefficient (Wildman–Crippen LogP) is 1.38. The molecule has 98 valence electrons. The summed E-state index contributed by atoms with van der Waals surface area (Å²) < 4.78 is 18.5. The van der Waals surface area contributed by atoms with Crippen LogP contribution in [0.5, 0.6) is 5.75 Å². The number of methoxy groups -OCH3 is 1. The molecular weight excluding hydrogens is 241 g/mol. The molecule has 0 aliphatic carbocycles. The Bertz CT molecular complexity index is 475. The number of hydrogen-bond donors (Lipinski definition) is 1. The normalized spacial score (nSPS) is 11.8. The smallest absolute Gasteiger partial charge is 0.326 e. The summed E-state index contributed by atoms with van der Waals surface area (Å²) in [5, 5.41) is 8.79. The fourth-order valence-electron chi connectivity index (χ4n) is 1.33. The number of benzene rings is 1. The van der Waals surface area contributed by atoms with Crippen LogP contribution < -0.4 is 4.74 Å². The van der Waals surface area contributed by atoms with Crippen LogP contribution in [0.4, 0.5) is 4.39 Å². The molecule has 0 saturated carbocycles. The standard InChI is InChI=1S/C12H14FNO4/c1-7(12(16)17)14(2)11(15)9-5-4-8(18-3)6-10(9)13/h4-7H,1-3H3,(H,16,17). The van der Waals surface area contributed by atoms with Gasteiger partial charge in [0.15, 0.2) is 0 Å². The van der Waals surface area contributed by atoms with Crippen LogP contribution in [0.15, 0.2) is 18.2 Å². The van der Waals surface area contributed by atoms with Gasteiger partial charge in [-0.05, 0) is 19.1 Å². The van der Waals surface area contributed by atoms with Crippen molar-refractivity contribution in [2.45, 2.75) is 13.0 Å². The molecule has 6 heteroatoms. The molecule has 1 unspecified atom stereocenters. The summed E-state index contributed by atoms with van der Waals surface area (Å²) in [6.07, 6.45) is 0. The van der Waals surface area contributed by atoms with Crippen molar-refractivity contribution in [2.24, 2.45) is 0 Å². The van der Waals surface area contributed by atoms with Crippen LogP contribution in [0.2, 0.25) is 0 Å². The Kier molecular flexibility index (Phi) is 4.25. The number of nitrogens with zero attached hydrogens (tertiary/aromatic N) is 1. The number of aliphatic carboxylic acids is 1. The molecule has 0 spiro atoms. The first-order valence-electron chi connectivity index (χ1n) is 5.22. The third-order valence-electron chi connectivity index (χ3n) is 2.67. The zero-order valence-electron chi connectivity index (χ0n) is 10.3. The molecule has 0 aliphatic heterocycles. The lowest BCUT2D eigenvalue weighted by molar-refractivity contribution is -0.141. The summed E-state index contributed by atoms with van der Waals surface area (Å²) >= 11 is 0. The summed E-state index contributed by atoms with van der Waals surface area (Å²) in [4.78, 5) is 23.6. The second-order valence-corrected chi connectivity index (χ2v) is 3.78. The monoisotopic (exact) mass is 255 g/mol. The van der Waals surface area contributed by atoms with Crippen molar-refractivity contribution in [3.05, 3.63) is 29.6 Å². The van der Waals surface area contributed by atoms with E-state index in [2.05, 4.69) is 0 Å². The Labute approximate surface area is 104 Å². The van der Waals surface area contributed by atoms with Crippen LogP contribution in [0.1, 0.15) is 17.3 Å². The molecule has 0 fully saturated rings. The van der Waals surface area contributed by atoms with Gasteiger partial charge in [-0.25, -0.2) is 9.18 Å². The van der Waals surface area contributed by atoms with E-state index in [1.54, 1.807) is 0 Å². The Hall–Kier alpha value is -2.11. The van der Waals surface area contributed by atoms with Gasteiger partial charge in [-0.1, -0.05) is 0 Å². The van der Waals surface area contributed by atoms with Crippen molar-refractivity contribution in [3.8, 4) is 5.75 Å². The first kappa shape index (κ1) is 14.0. The van der Waals surface area contributed by atoms with E-state index in [0.717, 1.165) is 11.0 Å². The molecule has 0 bridgehead atoms. The van der Waals surface area contributed by atoms with Gasteiger partial charge in [-0.15, -0.1) is 0 Å². The Balaban J connectivity index is 3.00. The summed E-state index contributed by atoms with van der Waals surface area (Å²) in [5.41, 5.74) is -0.189. The van der Waals surface area contributed by atoms with E-state index in [-0.39, 0.29) is 11.3 Å². The van der Waals surface area contributed by atoms with Crippen molar-refractivity contribution < 1.29 is 23.8 Å². The summed E-state index contributed by atoms with van der Waals surface area (Å²) in [7, 11) is 2.69. The fraction of sp³-hybridized carbons (Fsp3) is 0.333. The SMILES string of the molecule is COc1ccc(C(=O)N(C)C(C)C(=O)O)c(F)c1. The molecule has 1 rings (SSSR count). The Morgan fingerprint density at radius 1 is 1.44 bits per heavy atom. The lowest BCUT2D eigenvalue weighted by atomic mass is 10.1. The van der Waals surface area contributed by atoms with Crippen LogP contribution in [0.25, 0.3) is 0 Å². The molecule has 1 atom stereocenters. The van der Waals surface area contributed by atoms with Gasteiger partial charge in [0.25, 0.3) is 5.91 Å². The number of carbonyl (C=O) groups excluding carboxylic acids is 1. The molecular formula is C12H14FNO4. The lowest BCUT2D eigenvalue weighted by Gasteiger charge is -2.21. The molecule has 5 nitrogen and oxygen atoms in total. The number of likely N-dealkylation sites (N-methyl/N-ethyl adjacent to an activating group) is 1. The summed E-state index contributed by atoms with van der Waals surface area (Å²) in [5.74, 6) is -2.30. The third kappa shape index (κ3) is 2.77. The molecule has 1 amide bonds. The van der Waals surface area contributed by atoms with Gasteiger partial charge in [0.05, 0.1) is 12.7 Å². The van der Waals surface area contributed by atoms with Gasteiger partial charge in [-0.3, -0.25) is 4.79 Å². The van der Waals surface area contributed by atoms with E-state index < -0.39 is 23.7 Å². The highest BCUT2D eigenvalue weighted by atomic mass is 19.1. The highest BCUT2D eigenvalue weighted by molar-refractivity contribution is 5.96. The minimum Gasteiger partial charge on any atom is -0.497 e. The molecule has 0 aliphatic rings. The average Bonchev–Trinajstić information content (AvgIpc) is 2.35. The van der Waals surface area contributed by atoms with Crippen molar-refractivity contribution in [1.82, 2.24) is 4.90 Å². The fourth-order valence-corrected chi connectivity index (χ4v) is 1.33. The highest BCUT2D eigenvalue weighted by Crippen LogP contribution is 2.18. The van der Waals surface area contributed by atoms with Gasteiger partial charge in [-0.2, -0.15) is 0 Å². The molecule has 1 aromatic carbocycles. The third-order valence-corrected chi connectivity index (χ3v) is 2.67. The van der Waals surface area contributed by atoms with Gasteiger partial charge < -0.3 is 14.7 Å². The second-order valence-electron chi connectivity index (χ2n) is 3.78. The van der Waals surface area contributed by atoms with Crippen LogP contribution >= 0.6 is 0 Å². The van der Waals surface area contributed by atoms with Crippen LogP contribution in [0.3, 0.4) is 0 Å². The van der Waals surface area contributed by atoms with Crippen LogP contribution in [-0.4, -0.2) is 42.1 Å². The average molecular weight is 255 g/mol. The molecule has 0 radical (unpaired) electrons. The van der Waals surface area contributed by atoms with Crippen LogP contribution in [-0.2, 0) is 4.79 Å². The van der Waals surface area contributed by atoms with E-state index in [1.807, 2.05) is 0 Å². The first-order chi connectivity index (χ1) is 8.38. The van der Waals surface area contributed by atoms with Gasteiger partial charge in [0, 0.05) is 13.1 Å². The number of carbonyl (C=O) groups is 2. The second kappa shape index (κ2) is 5.48. The van der Waals surface area contributed by atoms with E-state index >= 15 is 0 Å². The van der Waals surface area contributed by atoms with E-state index in [4.69, 9.17) is 9.84 Å². The quantitative estimate of drug-likeness (QED) is 0.882. The number of carboxylic acids is 1. The molecule has 0 heterocycles. The van der Waals surface area contributed by atoms with Gasteiger partial charge in [0.1, 0.15) is 17.6 Å². The predicted molar refractivity (Wildman–Crippen MR) is 62.1 cm³/mol. The van der Waals surface area contributed by atoms with Gasteiger partial charge in [0.2, 0.25) is 0 Å². The minimum absolute atomic E-state index is 0.189. The number of halogens is 1. The Morgan fingerprint density at radius 3 is 2.50 bits per heavy atom. The van der Waals surface area contributed by atoms with E-state index in [0.29, 0.717) is 0 Å². The zero-order chi connectivity index (χ0) is 13.9. The van der Waals surface area contributed by atoms with E-state index in [9.17, 15) is 14.0 Å². The minimum atomic E-state index is -1.15. The number of amides is 1. The maximum atomic E-state index is 13.6. The zero-order valence-corrected chi connectivity index (χ0v) is 10.3. The highest BCUT2D eigenvalue weighted by Gasteiger charge is 2.24. The Morgan fingerprint density at radius 2 is 2.06 bits per heavy atom. The van der Waals surface area contributed by atoms with Crippen molar-refractivity contribution in [2.75, 3.05) is 14.2 Å². The number of rotatable bonds is 4. The number of carboxylic acid groups (broad SMARTS) is 1. The summed E-state index contributed by atoms with van der Waals surface area (Å²) in [6, 6.07) is 2.75.